The van der Waals surface area contributed by atoms with E-state index in [0.717, 1.165) is 25.7 Å². The molecule has 0 saturated carbocycles. The molecule has 90 valence electrons. The first-order chi connectivity index (χ1) is 7.63. The molecule has 0 N–H and O–H groups in total. The van der Waals surface area contributed by atoms with E-state index in [0.29, 0.717) is 0 Å². The molecule has 0 radical (unpaired) electrons. The molecule has 0 aromatic rings. The maximum atomic E-state index is 10.3. The van der Waals surface area contributed by atoms with Gasteiger partial charge in [0.25, 0.3) is 0 Å². The minimum Gasteiger partial charge on any atom is -0.319 e. The molecule has 0 atom stereocenters. The molecule has 0 aliphatic heterocycles. The maximum absolute atomic E-state index is 10.3. The van der Waals surface area contributed by atoms with Crippen molar-refractivity contribution in [2.75, 3.05) is 0 Å². The van der Waals surface area contributed by atoms with Crippen molar-refractivity contribution >= 4 is 24.4 Å². The highest BCUT2D eigenvalue weighted by molar-refractivity contribution is 5.67. The predicted octanol–water partition coefficient (Wildman–Crippen LogP) is 1.64. The second kappa shape index (κ2) is 9.82. The summed E-state index contributed by atoms with van der Waals surface area (Å²) in [5, 5.41) is 6.90. The summed E-state index contributed by atoms with van der Waals surface area (Å²) < 4.78 is 0. The first kappa shape index (κ1) is 14.3. The van der Waals surface area contributed by atoms with Gasteiger partial charge in [-0.3, -0.25) is 0 Å². The first-order valence-electron chi connectivity index (χ1n) is 5.01. The number of hydrogen-bond donors (Lipinski definition) is 0. The zero-order chi connectivity index (χ0) is 12.2. The van der Waals surface area contributed by atoms with Crippen LogP contribution >= 0.6 is 0 Å². The molecular formula is C10H16N2O4. The lowest BCUT2D eigenvalue weighted by Crippen LogP contribution is -1.92. The third-order valence-corrected chi connectivity index (χ3v) is 1.43. The zero-order valence-corrected chi connectivity index (χ0v) is 9.51. The molecule has 0 spiro atoms. The molecule has 0 aromatic carbocycles. The van der Waals surface area contributed by atoms with Crippen molar-refractivity contribution in [2.45, 2.75) is 39.5 Å². The number of unbranched alkanes of at least 4 members (excludes halogenated alkanes) is 3. The van der Waals surface area contributed by atoms with Crippen LogP contribution in [0.5, 0.6) is 0 Å². The van der Waals surface area contributed by atoms with Crippen LogP contribution in [0.25, 0.3) is 0 Å². The summed E-state index contributed by atoms with van der Waals surface area (Å²) in [6.45, 7) is 2.59. The van der Waals surface area contributed by atoms with Crippen LogP contribution in [0.15, 0.2) is 10.3 Å². The monoisotopic (exact) mass is 228 g/mol. The first-order valence-corrected chi connectivity index (χ1v) is 5.01. The fourth-order valence-electron chi connectivity index (χ4n) is 0.800. The lowest BCUT2D eigenvalue weighted by atomic mass is 10.2. The Morgan fingerprint density at radius 1 is 0.938 bits per heavy atom. The van der Waals surface area contributed by atoms with Gasteiger partial charge in [-0.2, -0.15) is 0 Å². The summed E-state index contributed by atoms with van der Waals surface area (Å²) in [6, 6.07) is 0. The van der Waals surface area contributed by atoms with Crippen molar-refractivity contribution in [2.24, 2.45) is 10.3 Å². The lowest BCUT2D eigenvalue weighted by molar-refractivity contribution is -0.141. The summed E-state index contributed by atoms with van der Waals surface area (Å²) in [5.74, 6) is -0.852. The summed E-state index contributed by atoms with van der Waals surface area (Å²) in [6.07, 6.45) is 6.35. The van der Waals surface area contributed by atoms with E-state index in [2.05, 4.69) is 20.0 Å². The van der Waals surface area contributed by atoms with Gasteiger partial charge in [-0.1, -0.05) is 10.3 Å². The molecule has 0 aliphatic rings. The van der Waals surface area contributed by atoms with E-state index in [4.69, 9.17) is 0 Å². The second-order valence-corrected chi connectivity index (χ2v) is 3.03. The average molecular weight is 228 g/mol. The Morgan fingerprint density at radius 2 is 1.31 bits per heavy atom. The van der Waals surface area contributed by atoms with E-state index < -0.39 is 11.9 Å². The Morgan fingerprint density at radius 3 is 1.62 bits per heavy atom. The van der Waals surface area contributed by atoms with E-state index in [1.54, 1.807) is 12.4 Å². The smallest absolute Gasteiger partial charge is 0.319 e. The molecule has 0 amide bonds. The van der Waals surface area contributed by atoms with Crippen molar-refractivity contribution in [3.8, 4) is 0 Å². The number of carbonyl (C=O) groups is 2. The summed E-state index contributed by atoms with van der Waals surface area (Å²) in [4.78, 5) is 29.3. The van der Waals surface area contributed by atoms with E-state index in [-0.39, 0.29) is 0 Å². The molecule has 0 unspecified atom stereocenters. The maximum Gasteiger partial charge on any atom is 0.331 e. The Hall–Kier alpha value is -1.72. The third-order valence-electron chi connectivity index (χ3n) is 1.43. The minimum atomic E-state index is -0.426. The fourth-order valence-corrected chi connectivity index (χ4v) is 0.800. The highest BCUT2D eigenvalue weighted by Gasteiger charge is 1.89. The largest absolute Gasteiger partial charge is 0.331 e. The molecule has 6 nitrogen and oxygen atoms in total. The molecule has 0 heterocycles. The van der Waals surface area contributed by atoms with Gasteiger partial charge in [0.2, 0.25) is 0 Å². The van der Waals surface area contributed by atoms with Gasteiger partial charge >= 0.3 is 11.9 Å². The number of nitrogens with zero attached hydrogens (tertiary/aromatic N) is 2. The average Bonchev–Trinajstić information content (AvgIpc) is 2.20. The van der Waals surface area contributed by atoms with Crippen molar-refractivity contribution in [1.82, 2.24) is 0 Å². The highest BCUT2D eigenvalue weighted by Crippen LogP contribution is 1.96. The summed E-state index contributed by atoms with van der Waals surface area (Å²) in [7, 11) is 0. The van der Waals surface area contributed by atoms with Gasteiger partial charge in [-0.25, -0.2) is 9.59 Å². The van der Waals surface area contributed by atoms with E-state index in [1.807, 2.05) is 0 Å². The quantitative estimate of drug-likeness (QED) is 0.287. The van der Waals surface area contributed by atoms with E-state index >= 15 is 0 Å². The molecule has 0 rings (SSSR count). The van der Waals surface area contributed by atoms with Gasteiger partial charge in [0.05, 0.1) is 0 Å². The van der Waals surface area contributed by atoms with Crippen molar-refractivity contribution in [3.05, 3.63) is 0 Å². The normalized spacial score (nSPS) is 10.9. The van der Waals surface area contributed by atoms with E-state index in [9.17, 15) is 9.59 Å². The van der Waals surface area contributed by atoms with Crippen molar-refractivity contribution < 1.29 is 19.3 Å². The van der Waals surface area contributed by atoms with Crippen molar-refractivity contribution in [3.63, 3.8) is 0 Å². The SMILES string of the molecule is CC(=O)O/N=C/CCCC/C=N/OC(C)=O. The molecular weight excluding hydrogens is 212 g/mol. The Labute approximate surface area is 94.3 Å². The Kier molecular flexibility index (Phi) is 8.76. The predicted molar refractivity (Wildman–Crippen MR) is 59.0 cm³/mol. The molecule has 16 heavy (non-hydrogen) atoms. The number of carbonyl (C=O) groups excluding carboxylic acids is 2. The molecule has 0 aliphatic carbocycles. The number of oxime groups is 2. The van der Waals surface area contributed by atoms with Gasteiger partial charge in [-0.15, -0.1) is 0 Å². The van der Waals surface area contributed by atoms with Gasteiger partial charge in [-0.05, 0) is 25.7 Å². The van der Waals surface area contributed by atoms with E-state index in [1.165, 1.54) is 13.8 Å². The Balaban J connectivity index is 3.27. The standard InChI is InChI=1S/C10H16N2O4/c1-9(13)15-11-7-5-3-4-6-8-12-16-10(2)14/h7-8H,3-6H2,1-2H3/b11-7+,12-8+. The van der Waals surface area contributed by atoms with Gasteiger partial charge in [0, 0.05) is 26.3 Å². The molecule has 0 saturated heterocycles. The molecule has 0 bridgehead atoms. The van der Waals surface area contributed by atoms with Crippen LogP contribution in [0.2, 0.25) is 0 Å². The van der Waals surface area contributed by atoms with Gasteiger partial charge in [0.15, 0.2) is 0 Å². The van der Waals surface area contributed by atoms with Crippen LogP contribution in [-0.2, 0) is 19.3 Å². The molecule has 6 heteroatoms. The summed E-state index contributed by atoms with van der Waals surface area (Å²) in [5.41, 5.74) is 0. The number of hydrogen-bond acceptors (Lipinski definition) is 6. The van der Waals surface area contributed by atoms with Crippen LogP contribution in [-0.4, -0.2) is 24.4 Å². The van der Waals surface area contributed by atoms with Crippen LogP contribution in [0.3, 0.4) is 0 Å². The van der Waals surface area contributed by atoms with Gasteiger partial charge < -0.3 is 9.68 Å². The summed E-state index contributed by atoms with van der Waals surface area (Å²) >= 11 is 0. The van der Waals surface area contributed by atoms with Crippen LogP contribution in [0.1, 0.15) is 39.5 Å². The van der Waals surface area contributed by atoms with Crippen LogP contribution in [0.4, 0.5) is 0 Å². The van der Waals surface area contributed by atoms with Crippen LogP contribution in [0, 0.1) is 0 Å². The minimum absolute atomic E-state index is 0.426. The second-order valence-electron chi connectivity index (χ2n) is 3.03. The third kappa shape index (κ3) is 12.3. The highest BCUT2D eigenvalue weighted by atomic mass is 16.7. The lowest BCUT2D eigenvalue weighted by Gasteiger charge is -1.92. The fraction of sp³-hybridized carbons (Fsp3) is 0.600. The van der Waals surface area contributed by atoms with Crippen molar-refractivity contribution in [1.29, 1.82) is 0 Å². The Bertz CT molecular complexity index is 246. The van der Waals surface area contributed by atoms with Gasteiger partial charge in [0.1, 0.15) is 0 Å². The van der Waals surface area contributed by atoms with Crippen LogP contribution < -0.4 is 0 Å². The zero-order valence-electron chi connectivity index (χ0n) is 9.51. The topological polar surface area (TPSA) is 77.3 Å². The molecule has 0 fully saturated rings. The molecule has 0 aromatic heterocycles. The number of rotatable bonds is 7.